The second-order valence-corrected chi connectivity index (χ2v) is 3.22. The number of rotatable bonds is 4. The normalized spacial score (nSPS) is 10.5. The first-order valence-electron chi connectivity index (χ1n) is 4.44. The summed E-state index contributed by atoms with van der Waals surface area (Å²) in [6.07, 6.45) is 3.54. The molecule has 0 radical (unpaired) electrons. The van der Waals surface area contributed by atoms with Crippen LogP contribution in [0.25, 0.3) is 0 Å². The highest BCUT2D eigenvalue weighted by molar-refractivity contribution is 5.31. The van der Waals surface area contributed by atoms with Crippen molar-refractivity contribution in [2.45, 2.75) is 26.4 Å². The van der Waals surface area contributed by atoms with Crippen molar-refractivity contribution in [3.63, 3.8) is 0 Å². The predicted octanol–water partition coefficient (Wildman–Crippen LogP) is 1.02. The summed E-state index contributed by atoms with van der Waals surface area (Å²) in [7, 11) is 1.89. The molecule has 0 spiro atoms. The molecule has 0 saturated carbocycles. The largest absolute Gasteiger partial charge is 0.367 e. The topological polar surface area (TPSA) is 49.8 Å². The number of hydrogen-bond donors (Lipinski definition) is 2. The molecule has 72 valence electrons. The number of hydrogen-bond acceptors (Lipinski definition) is 4. The molecule has 0 aliphatic heterocycles. The molecule has 4 heteroatoms. The second kappa shape index (κ2) is 4.77. The molecule has 4 nitrogen and oxygen atoms in total. The Kier molecular flexibility index (Phi) is 3.64. The lowest BCUT2D eigenvalue weighted by atomic mass is 10.4. The zero-order valence-corrected chi connectivity index (χ0v) is 8.33. The Morgan fingerprint density at radius 3 is 2.54 bits per heavy atom. The average molecular weight is 180 g/mol. The molecule has 1 aromatic heterocycles. The second-order valence-electron chi connectivity index (χ2n) is 3.22. The average Bonchev–Trinajstić information content (AvgIpc) is 2.08. The van der Waals surface area contributed by atoms with E-state index in [-0.39, 0.29) is 0 Å². The van der Waals surface area contributed by atoms with Crippen molar-refractivity contribution in [1.82, 2.24) is 15.3 Å². The van der Waals surface area contributed by atoms with Crippen LogP contribution in [-0.2, 0) is 6.54 Å². The van der Waals surface area contributed by atoms with Gasteiger partial charge < -0.3 is 10.6 Å². The summed E-state index contributed by atoms with van der Waals surface area (Å²) in [5.41, 5.74) is 0.955. The van der Waals surface area contributed by atoms with Crippen molar-refractivity contribution < 1.29 is 0 Å². The molecule has 0 aliphatic carbocycles. The zero-order valence-electron chi connectivity index (χ0n) is 8.33. The highest BCUT2D eigenvalue weighted by Crippen LogP contribution is 2.02. The van der Waals surface area contributed by atoms with Gasteiger partial charge in [0.15, 0.2) is 0 Å². The lowest BCUT2D eigenvalue weighted by Crippen LogP contribution is -2.12. The minimum absolute atomic E-state index is 0.393. The van der Waals surface area contributed by atoms with Gasteiger partial charge in [-0.3, -0.25) is 4.98 Å². The van der Waals surface area contributed by atoms with E-state index >= 15 is 0 Å². The highest BCUT2D eigenvalue weighted by atomic mass is 15.0. The van der Waals surface area contributed by atoms with Crippen molar-refractivity contribution in [2.24, 2.45) is 0 Å². The van der Waals surface area contributed by atoms with Gasteiger partial charge in [-0.05, 0) is 20.9 Å². The molecule has 0 fully saturated rings. The highest BCUT2D eigenvalue weighted by Gasteiger charge is 1.97. The Labute approximate surface area is 78.8 Å². The van der Waals surface area contributed by atoms with Gasteiger partial charge in [0, 0.05) is 12.6 Å². The fraction of sp³-hybridized carbons (Fsp3) is 0.556. The predicted molar refractivity (Wildman–Crippen MR) is 53.6 cm³/mol. The van der Waals surface area contributed by atoms with Gasteiger partial charge in [0.25, 0.3) is 0 Å². The Morgan fingerprint density at radius 1 is 1.31 bits per heavy atom. The first-order chi connectivity index (χ1) is 6.22. The van der Waals surface area contributed by atoms with Crippen molar-refractivity contribution >= 4 is 5.82 Å². The third-order valence-electron chi connectivity index (χ3n) is 1.50. The van der Waals surface area contributed by atoms with E-state index in [2.05, 4.69) is 34.4 Å². The van der Waals surface area contributed by atoms with E-state index in [1.165, 1.54) is 0 Å². The van der Waals surface area contributed by atoms with Crippen LogP contribution < -0.4 is 10.6 Å². The van der Waals surface area contributed by atoms with E-state index in [1.54, 1.807) is 12.4 Å². The molecule has 0 atom stereocenters. The van der Waals surface area contributed by atoms with Crippen molar-refractivity contribution in [2.75, 3.05) is 12.4 Å². The van der Waals surface area contributed by atoms with Crippen molar-refractivity contribution in [3.05, 3.63) is 18.1 Å². The van der Waals surface area contributed by atoms with E-state index in [1.807, 2.05) is 7.05 Å². The van der Waals surface area contributed by atoms with Crippen LogP contribution in [0.3, 0.4) is 0 Å². The molecule has 0 saturated heterocycles. The molecule has 13 heavy (non-hydrogen) atoms. The molecule has 0 unspecified atom stereocenters. The Morgan fingerprint density at radius 2 is 2.08 bits per heavy atom. The van der Waals surface area contributed by atoms with Crippen molar-refractivity contribution in [3.8, 4) is 0 Å². The molecule has 1 aromatic rings. The molecule has 1 heterocycles. The summed E-state index contributed by atoms with van der Waals surface area (Å²) in [4.78, 5) is 8.46. The van der Waals surface area contributed by atoms with Gasteiger partial charge in [0.2, 0.25) is 0 Å². The van der Waals surface area contributed by atoms with Crippen LogP contribution in [0.15, 0.2) is 12.4 Å². The van der Waals surface area contributed by atoms with Gasteiger partial charge in [0.05, 0.1) is 18.1 Å². The molecule has 1 rings (SSSR count). The zero-order chi connectivity index (χ0) is 9.68. The lowest BCUT2D eigenvalue weighted by molar-refractivity contribution is 0.782. The van der Waals surface area contributed by atoms with Crippen LogP contribution in [0.5, 0.6) is 0 Å². The number of anilines is 1. The molecular weight excluding hydrogens is 164 g/mol. The monoisotopic (exact) mass is 180 g/mol. The number of aromatic nitrogens is 2. The summed E-state index contributed by atoms with van der Waals surface area (Å²) < 4.78 is 0. The van der Waals surface area contributed by atoms with Gasteiger partial charge in [-0.25, -0.2) is 4.98 Å². The van der Waals surface area contributed by atoms with Crippen LogP contribution in [-0.4, -0.2) is 23.1 Å². The van der Waals surface area contributed by atoms with Crippen molar-refractivity contribution in [1.29, 1.82) is 0 Å². The van der Waals surface area contributed by atoms with Crippen LogP contribution in [0, 0.1) is 0 Å². The standard InChI is InChI=1S/C9H16N4/c1-7(2)13-9-6-11-8(4-10-3)5-12-9/h5-7,10H,4H2,1-3H3,(H,12,13). The quantitative estimate of drug-likeness (QED) is 0.726. The molecule has 2 N–H and O–H groups in total. The summed E-state index contributed by atoms with van der Waals surface area (Å²) in [6, 6.07) is 0.393. The van der Waals surface area contributed by atoms with Crippen LogP contribution >= 0.6 is 0 Å². The summed E-state index contributed by atoms with van der Waals surface area (Å²) in [5.74, 6) is 0.829. The van der Waals surface area contributed by atoms with Crippen LogP contribution in [0.1, 0.15) is 19.5 Å². The smallest absolute Gasteiger partial charge is 0.144 e. The number of nitrogens with one attached hydrogen (secondary N) is 2. The van der Waals surface area contributed by atoms with Gasteiger partial charge in [0.1, 0.15) is 5.82 Å². The van der Waals surface area contributed by atoms with Gasteiger partial charge in [-0.2, -0.15) is 0 Å². The molecule has 0 amide bonds. The van der Waals surface area contributed by atoms with E-state index in [9.17, 15) is 0 Å². The fourth-order valence-corrected chi connectivity index (χ4v) is 0.997. The Bertz CT molecular complexity index is 242. The summed E-state index contributed by atoms with van der Waals surface area (Å²) in [6.45, 7) is 4.90. The third-order valence-corrected chi connectivity index (χ3v) is 1.50. The third kappa shape index (κ3) is 3.38. The van der Waals surface area contributed by atoms with E-state index in [0.29, 0.717) is 6.04 Å². The van der Waals surface area contributed by atoms with Crippen LogP contribution in [0.4, 0.5) is 5.82 Å². The van der Waals surface area contributed by atoms with Gasteiger partial charge in [-0.1, -0.05) is 0 Å². The van der Waals surface area contributed by atoms with E-state index in [0.717, 1.165) is 18.1 Å². The molecule has 0 aliphatic rings. The molecular formula is C9H16N4. The summed E-state index contributed by atoms with van der Waals surface area (Å²) in [5, 5.41) is 6.20. The van der Waals surface area contributed by atoms with Gasteiger partial charge in [-0.15, -0.1) is 0 Å². The first-order valence-corrected chi connectivity index (χ1v) is 4.44. The maximum atomic E-state index is 4.23. The molecule has 0 bridgehead atoms. The molecule has 0 aromatic carbocycles. The lowest BCUT2D eigenvalue weighted by Gasteiger charge is -2.08. The minimum Gasteiger partial charge on any atom is -0.367 e. The number of nitrogens with zero attached hydrogens (tertiary/aromatic N) is 2. The first kappa shape index (κ1) is 9.92. The maximum Gasteiger partial charge on any atom is 0.144 e. The van der Waals surface area contributed by atoms with E-state index < -0.39 is 0 Å². The van der Waals surface area contributed by atoms with Gasteiger partial charge >= 0.3 is 0 Å². The Hall–Kier alpha value is -1.16. The Balaban J connectivity index is 2.59. The SMILES string of the molecule is CNCc1cnc(NC(C)C)cn1. The fourth-order valence-electron chi connectivity index (χ4n) is 0.997. The minimum atomic E-state index is 0.393. The van der Waals surface area contributed by atoms with Crippen LogP contribution in [0.2, 0.25) is 0 Å². The van der Waals surface area contributed by atoms with E-state index in [4.69, 9.17) is 0 Å². The maximum absolute atomic E-state index is 4.23. The summed E-state index contributed by atoms with van der Waals surface area (Å²) >= 11 is 0.